The predicted molar refractivity (Wildman–Crippen MR) is 110 cm³/mol. The van der Waals surface area contributed by atoms with Gasteiger partial charge in [-0.3, -0.25) is 9.89 Å². The van der Waals surface area contributed by atoms with Gasteiger partial charge < -0.3 is 15.7 Å². The van der Waals surface area contributed by atoms with Crippen molar-refractivity contribution >= 4 is 29.9 Å². The molecule has 0 aromatic carbocycles. The fourth-order valence-corrected chi connectivity index (χ4v) is 4.46. The number of guanidine groups is 1. The molecule has 2 aliphatic carbocycles. The number of rotatable bonds is 5. The summed E-state index contributed by atoms with van der Waals surface area (Å²) in [4.78, 5) is 7.42. The molecule has 3 atom stereocenters. The molecule has 3 unspecified atom stereocenters. The number of nitrogens with one attached hydrogen (secondary N) is 2. The van der Waals surface area contributed by atoms with Crippen LogP contribution in [0.25, 0.3) is 0 Å². The number of hydrogen-bond donors (Lipinski definition) is 3. The molecule has 0 radical (unpaired) electrons. The van der Waals surface area contributed by atoms with Crippen molar-refractivity contribution in [3.63, 3.8) is 0 Å². The molecule has 0 amide bonds. The van der Waals surface area contributed by atoms with Crippen LogP contribution in [0.4, 0.5) is 0 Å². The van der Waals surface area contributed by atoms with Gasteiger partial charge in [0, 0.05) is 44.2 Å². The first-order valence-corrected chi connectivity index (χ1v) is 9.73. The van der Waals surface area contributed by atoms with Crippen LogP contribution in [0.5, 0.6) is 0 Å². The average Bonchev–Trinajstić information content (AvgIpc) is 3.26. The summed E-state index contributed by atoms with van der Waals surface area (Å²) in [6.45, 7) is 6.12. The summed E-state index contributed by atoms with van der Waals surface area (Å²) >= 11 is 0. The molecule has 140 valence electrons. The van der Waals surface area contributed by atoms with E-state index in [-0.39, 0.29) is 30.1 Å². The standard InChI is InChI=1S/C18H34N4O.HI/c1-2-19-18(20-12-14-6-5-9-17(14)23)21-15-10-11-22(13-15)16-7-3-4-8-16;/h14-17,23H,2-13H2,1H3,(H2,19,20,21);1H. The maximum atomic E-state index is 9.96. The van der Waals surface area contributed by atoms with E-state index in [1.54, 1.807) is 0 Å². The van der Waals surface area contributed by atoms with Crippen LogP contribution in [0.1, 0.15) is 58.3 Å². The van der Waals surface area contributed by atoms with Crippen LogP contribution < -0.4 is 10.6 Å². The molecular formula is C18H35IN4O. The lowest BCUT2D eigenvalue weighted by Crippen LogP contribution is -2.45. The summed E-state index contributed by atoms with van der Waals surface area (Å²) in [7, 11) is 0. The van der Waals surface area contributed by atoms with Crippen molar-refractivity contribution in [2.45, 2.75) is 76.5 Å². The molecule has 3 fully saturated rings. The molecule has 24 heavy (non-hydrogen) atoms. The second kappa shape index (κ2) is 10.2. The molecule has 2 saturated carbocycles. The average molecular weight is 450 g/mol. The number of halogens is 1. The third-order valence-corrected chi connectivity index (χ3v) is 5.85. The lowest BCUT2D eigenvalue weighted by molar-refractivity contribution is 0.136. The zero-order valence-electron chi connectivity index (χ0n) is 15.0. The molecule has 3 aliphatic rings. The Hall–Kier alpha value is -0.0800. The summed E-state index contributed by atoms with van der Waals surface area (Å²) in [6.07, 6.45) is 9.87. The van der Waals surface area contributed by atoms with Gasteiger partial charge in [0.25, 0.3) is 0 Å². The van der Waals surface area contributed by atoms with E-state index in [1.807, 2.05) is 0 Å². The van der Waals surface area contributed by atoms with E-state index in [1.165, 1.54) is 38.6 Å². The maximum Gasteiger partial charge on any atom is 0.191 e. The number of aliphatic imine (C=N–C) groups is 1. The van der Waals surface area contributed by atoms with Crippen molar-refractivity contribution in [2.75, 3.05) is 26.2 Å². The molecule has 1 aliphatic heterocycles. The highest BCUT2D eigenvalue weighted by Crippen LogP contribution is 2.27. The first-order valence-electron chi connectivity index (χ1n) is 9.73. The smallest absolute Gasteiger partial charge is 0.191 e. The number of aliphatic hydroxyl groups excluding tert-OH is 1. The minimum absolute atomic E-state index is 0. The molecule has 1 heterocycles. The van der Waals surface area contributed by atoms with Crippen LogP contribution in [0.2, 0.25) is 0 Å². The highest BCUT2D eigenvalue weighted by Gasteiger charge is 2.30. The molecule has 1 saturated heterocycles. The second-order valence-corrected chi connectivity index (χ2v) is 7.54. The van der Waals surface area contributed by atoms with E-state index in [9.17, 15) is 5.11 Å². The van der Waals surface area contributed by atoms with Gasteiger partial charge in [0.2, 0.25) is 0 Å². The topological polar surface area (TPSA) is 59.9 Å². The summed E-state index contributed by atoms with van der Waals surface area (Å²) in [5, 5.41) is 17.0. The van der Waals surface area contributed by atoms with Gasteiger partial charge in [-0.15, -0.1) is 24.0 Å². The van der Waals surface area contributed by atoms with Crippen LogP contribution in [0.15, 0.2) is 4.99 Å². The first-order chi connectivity index (χ1) is 11.3. The lowest BCUT2D eigenvalue weighted by Gasteiger charge is -2.24. The van der Waals surface area contributed by atoms with Crippen molar-refractivity contribution < 1.29 is 5.11 Å². The van der Waals surface area contributed by atoms with Crippen molar-refractivity contribution in [1.82, 2.24) is 15.5 Å². The zero-order chi connectivity index (χ0) is 16.1. The third-order valence-electron chi connectivity index (χ3n) is 5.85. The van der Waals surface area contributed by atoms with Gasteiger partial charge in [-0.2, -0.15) is 0 Å². The molecule has 0 spiro atoms. The van der Waals surface area contributed by atoms with Gasteiger partial charge in [0.1, 0.15) is 0 Å². The van der Waals surface area contributed by atoms with Crippen molar-refractivity contribution in [3.8, 4) is 0 Å². The Morgan fingerprint density at radius 1 is 1.12 bits per heavy atom. The van der Waals surface area contributed by atoms with Crippen molar-refractivity contribution in [1.29, 1.82) is 0 Å². The quantitative estimate of drug-likeness (QED) is 0.342. The summed E-state index contributed by atoms with van der Waals surface area (Å²) in [6, 6.07) is 1.34. The monoisotopic (exact) mass is 450 g/mol. The Bertz CT molecular complexity index is 400. The summed E-state index contributed by atoms with van der Waals surface area (Å²) in [5.74, 6) is 1.29. The third kappa shape index (κ3) is 5.46. The fourth-order valence-electron chi connectivity index (χ4n) is 4.46. The van der Waals surface area contributed by atoms with Crippen LogP contribution in [0.3, 0.4) is 0 Å². The summed E-state index contributed by atoms with van der Waals surface area (Å²) in [5.41, 5.74) is 0. The molecular weight excluding hydrogens is 415 g/mol. The largest absolute Gasteiger partial charge is 0.393 e. The highest BCUT2D eigenvalue weighted by molar-refractivity contribution is 14.0. The highest BCUT2D eigenvalue weighted by atomic mass is 127. The van der Waals surface area contributed by atoms with E-state index >= 15 is 0 Å². The number of likely N-dealkylation sites (tertiary alicyclic amines) is 1. The fraction of sp³-hybridized carbons (Fsp3) is 0.944. The van der Waals surface area contributed by atoms with E-state index in [0.29, 0.717) is 12.0 Å². The molecule has 3 N–H and O–H groups in total. The van der Waals surface area contributed by atoms with E-state index in [4.69, 9.17) is 4.99 Å². The number of aliphatic hydroxyl groups is 1. The minimum Gasteiger partial charge on any atom is -0.393 e. The van der Waals surface area contributed by atoms with Gasteiger partial charge in [-0.1, -0.05) is 19.3 Å². The molecule has 0 aromatic rings. The molecule has 6 heteroatoms. The van der Waals surface area contributed by atoms with Gasteiger partial charge in [0.05, 0.1) is 6.10 Å². The van der Waals surface area contributed by atoms with E-state index < -0.39 is 0 Å². The normalized spacial score (nSPS) is 32.1. The lowest BCUT2D eigenvalue weighted by atomic mass is 10.1. The SMILES string of the molecule is CCNC(=NCC1CCCC1O)NC1CCN(C2CCCC2)C1.I. The van der Waals surface area contributed by atoms with E-state index in [2.05, 4.69) is 22.5 Å². The van der Waals surface area contributed by atoms with Crippen LogP contribution >= 0.6 is 24.0 Å². The van der Waals surface area contributed by atoms with E-state index in [0.717, 1.165) is 50.9 Å². The Kier molecular flexibility index (Phi) is 8.57. The van der Waals surface area contributed by atoms with Gasteiger partial charge in [-0.25, -0.2) is 0 Å². The van der Waals surface area contributed by atoms with Gasteiger partial charge >= 0.3 is 0 Å². The Labute approximate surface area is 164 Å². The molecule has 0 bridgehead atoms. The minimum atomic E-state index is -0.147. The number of hydrogen-bond acceptors (Lipinski definition) is 3. The number of nitrogens with zero attached hydrogens (tertiary/aromatic N) is 2. The molecule has 0 aromatic heterocycles. The van der Waals surface area contributed by atoms with Crippen molar-refractivity contribution in [2.24, 2.45) is 10.9 Å². The Balaban J connectivity index is 0.00000208. The van der Waals surface area contributed by atoms with Crippen molar-refractivity contribution in [3.05, 3.63) is 0 Å². The predicted octanol–water partition coefficient (Wildman–Crippen LogP) is 2.34. The zero-order valence-corrected chi connectivity index (χ0v) is 17.4. The van der Waals surface area contributed by atoms with Crippen LogP contribution in [-0.4, -0.2) is 60.3 Å². The first kappa shape index (κ1) is 20.2. The maximum absolute atomic E-state index is 9.96. The summed E-state index contributed by atoms with van der Waals surface area (Å²) < 4.78 is 0. The second-order valence-electron chi connectivity index (χ2n) is 7.54. The van der Waals surface area contributed by atoms with Gasteiger partial charge in [-0.05, 0) is 39.0 Å². The molecule has 3 rings (SSSR count). The molecule has 5 nitrogen and oxygen atoms in total. The van der Waals surface area contributed by atoms with Gasteiger partial charge in [0.15, 0.2) is 5.96 Å². The Morgan fingerprint density at radius 3 is 2.58 bits per heavy atom. The van der Waals surface area contributed by atoms with Crippen LogP contribution in [-0.2, 0) is 0 Å². The Morgan fingerprint density at radius 2 is 1.92 bits per heavy atom. The van der Waals surface area contributed by atoms with Crippen LogP contribution in [0, 0.1) is 5.92 Å².